The number of ketones is 2. The third-order valence-electron chi connectivity index (χ3n) is 4.69. The van der Waals surface area contributed by atoms with Gasteiger partial charge in [-0.1, -0.05) is 72.4 Å². The topological polar surface area (TPSA) is 75.3 Å². The van der Waals surface area contributed by atoms with Gasteiger partial charge in [0, 0.05) is 23.2 Å². The fourth-order valence-electron chi connectivity index (χ4n) is 2.95. The lowest BCUT2D eigenvalue weighted by Crippen LogP contribution is -2.28. The molecule has 3 rings (SSSR count). The van der Waals surface area contributed by atoms with E-state index >= 15 is 0 Å². The third-order valence-corrected chi connectivity index (χ3v) is 5.96. The number of nitrogens with one attached hydrogen (secondary N) is 2. The van der Waals surface area contributed by atoms with Crippen LogP contribution in [-0.4, -0.2) is 17.5 Å². The summed E-state index contributed by atoms with van der Waals surface area (Å²) in [6.45, 7) is 7.98. The number of hydrogen-bond donors (Lipinski definition) is 2. The molecule has 2 aromatic carbocycles. The maximum Gasteiger partial charge on any atom is 0.256 e. The molecule has 1 aliphatic rings. The molecule has 31 heavy (non-hydrogen) atoms. The summed E-state index contributed by atoms with van der Waals surface area (Å²) < 4.78 is 0. The van der Waals surface area contributed by atoms with Gasteiger partial charge >= 0.3 is 0 Å². The lowest BCUT2D eigenvalue weighted by Gasteiger charge is -2.19. The van der Waals surface area contributed by atoms with Crippen molar-refractivity contribution in [2.24, 2.45) is 0 Å². The van der Waals surface area contributed by atoms with E-state index in [1.807, 2.05) is 19.9 Å². The summed E-state index contributed by atoms with van der Waals surface area (Å²) in [4.78, 5) is 38.5. The standard InChI is InChI=1S/C24H21ClN2O3S/c1-4-14(2)31-15(3)27-24(30)17-11-9-16(10-12-17)13-26-21-20(25)22(28)18-7-5-6-8-19(18)23(21)29/h4-12,26H,3,13H2,1-2H3,(H,27,30)/b14-4-. The van der Waals surface area contributed by atoms with Crippen molar-refractivity contribution in [1.82, 2.24) is 10.6 Å². The summed E-state index contributed by atoms with van der Waals surface area (Å²) in [5.41, 5.74) is 2.03. The van der Waals surface area contributed by atoms with Crippen molar-refractivity contribution in [3.05, 3.63) is 104 Å². The molecule has 0 saturated heterocycles. The summed E-state index contributed by atoms with van der Waals surface area (Å²) in [7, 11) is 0. The van der Waals surface area contributed by atoms with Crippen LogP contribution < -0.4 is 10.6 Å². The maximum atomic E-state index is 12.7. The van der Waals surface area contributed by atoms with Crippen LogP contribution in [0.3, 0.4) is 0 Å². The van der Waals surface area contributed by atoms with Crippen molar-refractivity contribution in [3.8, 4) is 0 Å². The lowest BCUT2D eigenvalue weighted by molar-refractivity contribution is 0.0968. The van der Waals surface area contributed by atoms with E-state index < -0.39 is 0 Å². The second kappa shape index (κ2) is 9.81. The average molecular weight is 453 g/mol. The first-order chi connectivity index (χ1) is 14.8. The van der Waals surface area contributed by atoms with Crippen molar-refractivity contribution < 1.29 is 14.4 Å². The van der Waals surface area contributed by atoms with Crippen LogP contribution in [0.15, 0.2) is 81.8 Å². The first-order valence-corrected chi connectivity index (χ1v) is 10.7. The molecule has 0 saturated carbocycles. The van der Waals surface area contributed by atoms with Crippen LogP contribution in [0.2, 0.25) is 0 Å². The molecule has 1 amide bonds. The lowest BCUT2D eigenvalue weighted by atomic mass is 9.92. The summed E-state index contributed by atoms with van der Waals surface area (Å²) in [6, 6.07) is 13.5. The first kappa shape index (κ1) is 22.6. The highest BCUT2D eigenvalue weighted by Crippen LogP contribution is 2.27. The van der Waals surface area contributed by atoms with Crippen molar-refractivity contribution in [1.29, 1.82) is 0 Å². The minimum absolute atomic E-state index is 0.0832. The number of carbonyl (C=O) groups is 3. The van der Waals surface area contributed by atoms with Gasteiger partial charge in [0.25, 0.3) is 5.91 Å². The molecular formula is C24H21ClN2O3S. The fraction of sp³-hybridized carbons (Fsp3) is 0.125. The van der Waals surface area contributed by atoms with E-state index in [9.17, 15) is 14.4 Å². The van der Waals surface area contributed by atoms with Gasteiger partial charge in [-0.25, -0.2) is 0 Å². The van der Waals surface area contributed by atoms with E-state index in [1.165, 1.54) is 11.8 Å². The van der Waals surface area contributed by atoms with Crippen molar-refractivity contribution in [2.45, 2.75) is 20.4 Å². The Labute approximate surface area is 190 Å². The van der Waals surface area contributed by atoms with Crippen molar-refractivity contribution in [2.75, 3.05) is 0 Å². The Morgan fingerprint density at radius 3 is 2.29 bits per heavy atom. The molecule has 0 spiro atoms. The number of thioether (sulfide) groups is 1. The van der Waals surface area contributed by atoms with E-state index in [2.05, 4.69) is 17.2 Å². The molecule has 0 bridgehead atoms. The molecule has 0 unspecified atom stereocenters. The molecule has 0 aromatic heterocycles. The zero-order valence-electron chi connectivity index (χ0n) is 17.1. The SMILES string of the molecule is C=C(NC(=O)c1ccc(CNC2=C(Cl)C(=O)c3ccccc3C2=O)cc1)S/C(C)=C\C. The van der Waals surface area contributed by atoms with Gasteiger partial charge in [-0.2, -0.15) is 0 Å². The maximum absolute atomic E-state index is 12.7. The van der Waals surface area contributed by atoms with E-state index in [1.54, 1.807) is 48.5 Å². The molecule has 0 heterocycles. The first-order valence-electron chi connectivity index (χ1n) is 9.54. The smallest absolute Gasteiger partial charge is 0.256 e. The van der Waals surface area contributed by atoms with Crippen LogP contribution in [0, 0.1) is 0 Å². The van der Waals surface area contributed by atoms with Crippen LogP contribution in [0.5, 0.6) is 0 Å². The highest BCUT2D eigenvalue weighted by atomic mass is 35.5. The van der Waals surface area contributed by atoms with Crippen LogP contribution in [0.25, 0.3) is 0 Å². The Balaban J connectivity index is 1.65. The molecule has 0 radical (unpaired) electrons. The second-order valence-electron chi connectivity index (χ2n) is 6.82. The minimum Gasteiger partial charge on any atom is -0.376 e. The number of rotatable bonds is 7. The van der Waals surface area contributed by atoms with Gasteiger partial charge in [0.15, 0.2) is 0 Å². The summed E-state index contributed by atoms with van der Waals surface area (Å²) in [6.07, 6.45) is 1.94. The number of halogens is 1. The summed E-state index contributed by atoms with van der Waals surface area (Å²) >= 11 is 7.56. The number of Topliss-reactive ketones (excluding diaryl/α,β-unsaturated/α-hetero) is 2. The number of benzene rings is 2. The summed E-state index contributed by atoms with van der Waals surface area (Å²) in [5, 5.41) is 6.16. The third kappa shape index (κ3) is 5.16. The number of fused-ring (bicyclic) bond motifs is 1. The molecule has 1 aliphatic carbocycles. The van der Waals surface area contributed by atoms with Gasteiger partial charge in [-0.15, -0.1) is 0 Å². The number of amides is 1. The number of allylic oxidation sites excluding steroid dienone is 4. The highest BCUT2D eigenvalue weighted by molar-refractivity contribution is 8.06. The van der Waals surface area contributed by atoms with Gasteiger partial charge in [-0.05, 0) is 36.4 Å². The fourth-order valence-corrected chi connectivity index (χ4v) is 3.85. The van der Waals surface area contributed by atoms with Gasteiger partial charge in [0.05, 0.1) is 5.03 Å². The zero-order chi connectivity index (χ0) is 22.5. The average Bonchev–Trinajstić information content (AvgIpc) is 2.77. The highest BCUT2D eigenvalue weighted by Gasteiger charge is 2.30. The predicted octanol–water partition coefficient (Wildman–Crippen LogP) is 5.16. The van der Waals surface area contributed by atoms with E-state index in [0.29, 0.717) is 21.7 Å². The molecular weight excluding hydrogens is 432 g/mol. The van der Waals surface area contributed by atoms with Gasteiger partial charge < -0.3 is 10.6 Å². The second-order valence-corrected chi connectivity index (χ2v) is 8.54. The molecule has 5 nitrogen and oxygen atoms in total. The minimum atomic E-state index is -0.377. The van der Waals surface area contributed by atoms with Gasteiger partial charge in [0.2, 0.25) is 11.6 Å². The number of carbonyl (C=O) groups excluding carboxylic acids is 3. The van der Waals surface area contributed by atoms with Crippen LogP contribution in [-0.2, 0) is 6.54 Å². The zero-order valence-corrected chi connectivity index (χ0v) is 18.7. The molecule has 2 aromatic rings. The molecule has 0 atom stereocenters. The predicted molar refractivity (Wildman–Crippen MR) is 125 cm³/mol. The Bertz CT molecular complexity index is 1130. The van der Waals surface area contributed by atoms with Gasteiger partial charge in [0.1, 0.15) is 10.7 Å². The normalized spacial score (nSPS) is 13.7. The van der Waals surface area contributed by atoms with Crippen LogP contribution >= 0.6 is 23.4 Å². The Morgan fingerprint density at radius 1 is 1.06 bits per heavy atom. The van der Waals surface area contributed by atoms with Gasteiger partial charge in [-0.3, -0.25) is 14.4 Å². The quantitative estimate of drug-likeness (QED) is 0.606. The molecule has 158 valence electrons. The van der Waals surface area contributed by atoms with E-state index in [4.69, 9.17) is 11.6 Å². The molecule has 0 aliphatic heterocycles. The molecule has 0 fully saturated rings. The van der Waals surface area contributed by atoms with Crippen molar-refractivity contribution in [3.63, 3.8) is 0 Å². The monoisotopic (exact) mass is 452 g/mol. The Hall–Kier alpha value is -3.09. The molecule has 2 N–H and O–H groups in total. The van der Waals surface area contributed by atoms with Crippen molar-refractivity contribution >= 4 is 40.8 Å². The largest absolute Gasteiger partial charge is 0.376 e. The number of hydrogen-bond acceptors (Lipinski definition) is 5. The van der Waals surface area contributed by atoms with E-state index in [-0.39, 0.29) is 34.7 Å². The van der Waals surface area contributed by atoms with E-state index in [0.717, 1.165) is 10.5 Å². The van der Waals surface area contributed by atoms with Crippen LogP contribution in [0.1, 0.15) is 50.5 Å². The van der Waals surface area contributed by atoms with Crippen LogP contribution in [0.4, 0.5) is 0 Å². The summed E-state index contributed by atoms with van der Waals surface area (Å²) in [5.74, 6) is -0.947. The Morgan fingerprint density at radius 2 is 1.68 bits per heavy atom. The Kier molecular flexibility index (Phi) is 7.15. The molecule has 7 heteroatoms.